The molecule has 0 spiro atoms. The standard InChI is InChI=1S/C6H10N2O5/c9-6-4(7(10)11)2-1-3-5(6)8(12)13/h4-6,9H,1-3H2. The van der Waals surface area contributed by atoms with Crippen molar-refractivity contribution in [1.29, 1.82) is 0 Å². The Hall–Kier alpha value is -1.24. The lowest BCUT2D eigenvalue weighted by Gasteiger charge is -2.23. The fraction of sp³-hybridized carbons (Fsp3) is 1.00. The van der Waals surface area contributed by atoms with Gasteiger partial charge in [-0.3, -0.25) is 20.2 Å². The molecular formula is C6H10N2O5. The van der Waals surface area contributed by atoms with Crippen LogP contribution in [0.2, 0.25) is 0 Å². The SMILES string of the molecule is O=[N+]([O-])C1CCCC([N+](=O)[O-])C1O. The van der Waals surface area contributed by atoms with E-state index in [1.54, 1.807) is 0 Å². The van der Waals surface area contributed by atoms with Gasteiger partial charge in [-0.15, -0.1) is 0 Å². The van der Waals surface area contributed by atoms with Gasteiger partial charge in [0.2, 0.25) is 12.1 Å². The molecule has 0 radical (unpaired) electrons. The predicted octanol–water partition coefficient (Wildman–Crippen LogP) is -0.178. The van der Waals surface area contributed by atoms with E-state index in [0.29, 0.717) is 6.42 Å². The van der Waals surface area contributed by atoms with E-state index in [9.17, 15) is 25.3 Å². The summed E-state index contributed by atoms with van der Waals surface area (Å²) in [5.41, 5.74) is 0. The topological polar surface area (TPSA) is 107 Å². The molecule has 0 bridgehead atoms. The molecule has 2 unspecified atom stereocenters. The summed E-state index contributed by atoms with van der Waals surface area (Å²) in [7, 11) is 0. The van der Waals surface area contributed by atoms with Gasteiger partial charge in [0, 0.05) is 22.7 Å². The van der Waals surface area contributed by atoms with Crippen LogP contribution in [-0.4, -0.2) is 33.1 Å². The fourth-order valence-corrected chi connectivity index (χ4v) is 1.59. The molecule has 7 nitrogen and oxygen atoms in total. The minimum Gasteiger partial charge on any atom is -0.380 e. The number of hydrogen-bond donors (Lipinski definition) is 1. The molecule has 7 heteroatoms. The van der Waals surface area contributed by atoms with Crippen molar-refractivity contribution in [2.24, 2.45) is 0 Å². The molecule has 1 rings (SSSR count). The maximum atomic E-state index is 10.4. The molecule has 74 valence electrons. The lowest BCUT2D eigenvalue weighted by Crippen LogP contribution is -2.48. The quantitative estimate of drug-likeness (QED) is 0.480. The van der Waals surface area contributed by atoms with Gasteiger partial charge < -0.3 is 5.11 Å². The fourth-order valence-electron chi connectivity index (χ4n) is 1.59. The summed E-state index contributed by atoms with van der Waals surface area (Å²) < 4.78 is 0. The van der Waals surface area contributed by atoms with Crippen LogP contribution in [0.4, 0.5) is 0 Å². The Morgan fingerprint density at radius 2 is 1.46 bits per heavy atom. The number of aliphatic hydroxyl groups is 1. The lowest BCUT2D eigenvalue weighted by atomic mass is 9.89. The molecule has 0 saturated heterocycles. The lowest BCUT2D eigenvalue weighted by molar-refractivity contribution is -0.585. The monoisotopic (exact) mass is 190 g/mol. The average molecular weight is 190 g/mol. The zero-order valence-corrected chi connectivity index (χ0v) is 6.83. The van der Waals surface area contributed by atoms with Crippen molar-refractivity contribution in [3.8, 4) is 0 Å². The number of nitro groups is 2. The Balaban J connectivity index is 2.71. The third-order valence-corrected chi connectivity index (χ3v) is 2.33. The van der Waals surface area contributed by atoms with Gasteiger partial charge in [-0.1, -0.05) is 0 Å². The van der Waals surface area contributed by atoms with Crippen LogP contribution < -0.4 is 0 Å². The second-order valence-electron chi connectivity index (χ2n) is 3.13. The van der Waals surface area contributed by atoms with Gasteiger partial charge in [-0.2, -0.15) is 0 Å². The summed E-state index contributed by atoms with van der Waals surface area (Å²) in [6, 6.07) is -2.35. The molecule has 1 aliphatic carbocycles. The molecule has 0 aliphatic heterocycles. The Morgan fingerprint density at radius 1 is 1.08 bits per heavy atom. The molecule has 0 amide bonds. The summed E-state index contributed by atoms with van der Waals surface area (Å²) in [6.07, 6.45) is -0.579. The Bertz CT molecular complexity index is 209. The maximum absolute atomic E-state index is 10.4. The Labute approximate surface area is 73.7 Å². The molecule has 0 heterocycles. The third-order valence-electron chi connectivity index (χ3n) is 2.33. The summed E-state index contributed by atoms with van der Waals surface area (Å²) in [6.45, 7) is 0. The number of aliphatic hydroxyl groups excluding tert-OH is 1. The van der Waals surface area contributed by atoms with Gasteiger partial charge in [-0.25, -0.2) is 0 Å². The highest BCUT2D eigenvalue weighted by atomic mass is 16.6. The van der Waals surface area contributed by atoms with Crippen LogP contribution in [0.1, 0.15) is 19.3 Å². The first kappa shape index (κ1) is 9.85. The van der Waals surface area contributed by atoms with Gasteiger partial charge in [0.25, 0.3) is 0 Å². The normalized spacial score (nSPS) is 34.1. The minimum atomic E-state index is -1.45. The van der Waals surface area contributed by atoms with E-state index in [2.05, 4.69) is 0 Å². The van der Waals surface area contributed by atoms with Crippen LogP contribution in [0.3, 0.4) is 0 Å². The zero-order chi connectivity index (χ0) is 10.0. The molecule has 0 aromatic heterocycles. The number of nitrogens with zero attached hydrogens (tertiary/aromatic N) is 2. The average Bonchev–Trinajstić information content (AvgIpc) is 2.03. The van der Waals surface area contributed by atoms with E-state index in [1.165, 1.54) is 0 Å². The van der Waals surface area contributed by atoms with Crippen LogP contribution in [0.15, 0.2) is 0 Å². The highest BCUT2D eigenvalue weighted by Crippen LogP contribution is 2.23. The van der Waals surface area contributed by atoms with Gasteiger partial charge in [0.05, 0.1) is 0 Å². The number of rotatable bonds is 2. The highest BCUT2D eigenvalue weighted by Gasteiger charge is 2.45. The summed E-state index contributed by atoms with van der Waals surface area (Å²) >= 11 is 0. The molecule has 2 atom stereocenters. The molecule has 1 aliphatic rings. The summed E-state index contributed by atoms with van der Waals surface area (Å²) in [4.78, 5) is 19.4. The third kappa shape index (κ3) is 1.92. The first-order chi connectivity index (χ1) is 6.04. The van der Waals surface area contributed by atoms with E-state index >= 15 is 0 Å². The first-order valence-corrected chi connectivity index (χ1v) is 3.99. The molecular weight excluding hydrogens is 180 g/mol. The second kappa shape index (κ2) is 3.65. The Kier molecular flexibility index (Phi) is 2.76. The van der Waals surface area contributed by atoms with E-state index < -0.39 is 28.0 Å². The van der Waals surface area contributed by atoms with Crippen molar-refractivity contribution in [3.63, 3.8) is 0 Å². The molecule has 1 N–H and O–H groups in total. The van der Waals surface area contributed by atoms with Gasteiger partial charge in [0.15, 0.2) is 6.10 Å². The molecule has 1 saturated carbocycles. The van der Waals surface area contributed by atoms with E-state index in [4.69, 9.17) is 0 Å². The van der Waals surface area contributed by atoms with Crippen molar-refractivity contribution in [2.45, 2.75) is 37.5 Å². The largest absolute Gasteiger partial charge is 0.380 e. The predicted molar refractivity (Wildman–Crippen MR) is 41.4 cm³/mol. The first-order valence-electron chi connectivity index (χ1n) is 3.99. The maximum Gasteiger partial charge on any atom is 0.245 e. The van der Waals surface area contributed by atoms with Crippen LogP contribution in [0.5, 0.6) is 0 Å². The van der Waals surface area contributed by atoms with Crippen molar-refractivity contribution < 1.29 is 15.0 Å². The van der Waals surface area contributed by atoms with Crippen LogP contribution >= 0.6 is 0 Å². The molecule has 0 aromatic rings. The van der Waals surface area contributed by atoms with Crippen LogP contribution in [0, 0.1) is 20.2 Å². The van der Waals surface area contributed by atoms with Crippen molar-refractivity contribution in [1.82, 2.24) is 0 Å². The zero-order valence-electron chi connectivity index (χ0n) is 6.83. The molecule has 0 aromatic carbocycles. The van der Waals surface area contributed by atoms with E-state index in [1.807, 2.05) is 0 Å². The van der Waals surface area contributed by atoms with Gasteiger partial charge in [0.1, 0.15) is 0 Å². The summed E-state index contributed by atoms with van der Waals surface area (Å²) in [5, 5.41) is 30.0. The van der Waals surface area contributed by atoms with Crippen LogP contribution in [0.25, 0.3) is 0 Å². The smallest absolute Gasteiger partial charge is 0.245 e. The van der Waals surface area contributed by atoms with Crippen molar-refractivity contribution in [2.75, 3.05) is 0 Å². The van der Waals surface area contributed by atoms with Gasteiger partial charge in [-0.05, 0) is 6.42 Å². The highest BCUT2D eigenvalue weighted by molar-refractivity contribution is 4.81. The van der Waals surface area contributed by atoms with Gasteiger partial charge >= 0.3 is 0 Å². The minimum absolute atomic E-state index is 0.221. The van der Waals surface area contributed by atoms with Crippen LogP contribution in [-0.2, 0) is 0 Å². The molecule has 13 heavy (non-hydrogen) atoms. The Morgan fingerprint density at radius 3 is 1.77 bits per heavy atom. The van der Waals surface area contributed by atoms with E-state index in [-0.39, 0.29) is 12.8 Å². The van der Waals surface area contributed by atoms with Crippen molar-refractivity contribution in [3.05, 3.63) is 20.2 Å². The molecule has 1 fully saturated rings. The second-order valence-corrected chi connectivity index (χ2v) is 3.13. The summed E-state index contributed by atoms with van der Waals surface area (Å²) in [5.74, 6) is 0. The van der Waals surface area contributed by atoms with E-state index in [0.717, 1.165) is 0 Å². The van der Waals surface area contributed by atoms with Crippen molar-refractivity contribution >= 4 is 0 Å². The number of hydrogen-bond acceptors (Lipinski definition) is 5.